The molecule has 198 valence electrons. The van der Waals surface area contributed by atoms with E-state index in [1.54, 1.807) is 58.0 Å². The van der Waals surface area contributed by atoms with Crippen LogP contribution in [0.1, 0.15) is 60.6 Å². The number of benzene rings is 1. The van der Waals surface area contributed by atoms with Crippen LogP contribution in [0.3, 0.4) is 0 Å². The van der Waals surface area contributed by atoms with Crippen molar-refractivity contribution in [2.45, 2.75) is 52.2 Å². The van der Waals surface area contributed by atoms with E-state index in [-0.39, 0.29) is 23.4 Å². The summed E-state index contributed by atoms with van der Waals surface area (Å²) in [5.74, 6) is -0.0847. The highest BCUT2D eigenvalue weighted by atomic mass is 32.1. The number of fused-ring (bicyclic) bond motifs is 1. The number of carbonyl (C=O) groups is 3. The van der Waals surface area contributed by atoms with Gasteiger partial charge in [0.05, 0.1) is 12.0 Å². The van der Waals surface area contributed by atoms with E-state index in [4.69, 9.17) is 14.2 Å². The van der Waals surface area contributed by atoms with E-state index in [1.807, 2.05) is 0 Å². The van der Waals surface area contributed by atoms with Crippen molar-refractivity contribution in [3.05, 3.63) is 40.8 Å². The van der Waals surface area contributed by atoms with E-state index in [9.17, 15) is 14.4 Å². The van der Waals surface area contributed by atoms with Crippen molar-refractivity contribution < 1.29 is 28.6 Å². The largest absolute Gasteiger partial charge is 0.490 e. The maximum atomic E-state index is 13.0. The van der Waals surface area contributed by atoms with E-state index < -0.39 is 23.6 Å². The fourth-order valence-corrected chi connectivity index (χ4v) is 4.87. The van der Waals surface area contributed by atoms with Crippen LogP contribution < -0.4 is 10.1 Å². The zero-order valence-corrected chi connectivity index (χ0v) is 22.5. The van der Waals surface area contributed by atoms with Gasteiger partial charge >= 0.3 is 12.1 Å². The van der Waals surface area contributed by atoms with E-state index in [1.165, 1.54) is 0 Å². The molecule has 1 aliphatic rings. The van der Waals surface area contributed by atoms with Crippen LogP contribution in [0.25, 0.3) is 10.2 Å². The molecular weight excluding hydrogens is 496 g/mol. The van der Waals surface area contributed by atoms with Crippen LogP contribution in [-0.4, -0.2) is 71.1 Å². The highest BCUT2D eigenvalue weighted by Gasteiger charge is 2.26. The number of nitrogens with zero attached hydrogens (tertiary/aromatic N) is 3. The van der Waals surface area contributed by atoms with Gasteiger partial charge in [0.25, 0.3) is 5.91 Å². The minimum absolute atomic E-state index is 0.144. The molecule has 3 heterocycles. The van der Waals surface area contributed by atoms with Crippen molar-refractivity contribution in [1.82, 2.24) is 14.7 Å². The number of anilines is 1. The summed E-state index contributed by atoms with van der Waals surface area (Å²) in [5, 5.41) is 7.44. The van der Waals surface area contributed by atoms with Gasteiger partial charge in [0, 0.05) is 18.7 Å². The summed E-state index contributed by atoms with van der Waals surface area (Å²) >= 11 is 1.04. The lowest BCUT2D eigenvalue weighted by atomic mass is 10.1. The molecule has 1 aromatic carbocycles. The Labute approximate surface area is 219 Å². The molecule has 0 spiro atoms. The summed E-state index contributed by atoms with van der Waals surface area (Å²) in [5.41, 5.74) is -0.280. The fourth-order valence-electron chi connectivity index (χ4n) is 3.90. The van der Waals surface area contributed by atoms with Crippen molar-refractivity contribution in [3.8, 4) is 5.75 Å². The monoisotopic (exact) mass is 528 g/mol. The molecular formula is C26H32N4O6S. The van der Waals surface area contributed by atoms with E-state index in [2.05, 4.69) is 22.4 Å². The second kappa shape index (κ2) is 10.9. The molecule has 0 saturated carbocycles. The summed E-state index contributed by atoms with van der Waals surface area (Å²) < 4.78 is 17.7. The molecule has 1 amide bonds. The average molecular weight is 529 g/mol. The number of nitrogens with one attached hydrogen (secondary N) is 1. The smallest absolute Gasteiger partial charge is 0.436 e. The van der Waals surface area contributed by atoms with E-state index in [0.717, 1.165) is 41.9 Å². The molecule has 1 aliphatic heterocycles. The predicted octanol–water partition coefficient (Wildman–Crippen LogP) is 4.78. The maximum absolute atomic E-state index is 13.0. The molecule has 3 aromatic rings. The normalized spacial score (nSPS) is 14.9. The summed E-state index contributed by atoms with van der Waals surface area (Å²) in [6, 6.07) is 8.46. The quantitative estimate of drug-likeness (QED) is 0.455. The molecule has 11 heteroatoms. The second-order valence-corrected chi connectivity index (χ2v) is 10.9. The molecule has 37 heavy (non-hydrogen) atoms. The molecule has 2 aromatic heterocycles. The van der Waals surface area contributed by atoms with Crippen molar-refractivity contribution in [2.24, 2.45) is 0 Å². The molecule has 1 N–H and O–H groups in total. The second-order valence-electron chi connectivity index (χ2n) is 9.89. The number of piperidine rings is 1. The Bertz CT molecular complexity index is 1280. The number of amides is 1. The van der Waals surface area contributed by atoms with Gasteiger partial charge in [0.2, 0.25) is 0 Å². The highest BCUT2D eigenvalue weighted by molar-refractivity contribution is 7.20. The Morgan fingerprint density at radius 2 is 1.81 bits per heavy atom. The van der Waals surface area contributed by atoms with Crippen LogP contribution in [0.15, 0.2) is 30.3 Å². The number of hydrogen-bond donors (Lipinski definition) is 1. The van der Waals surface area contributed by atoms with Gasteiger partial charge in [-0.25, -0.2) is 9.59 Å². The topological polar surface area (TPSA) is 112 Å². The third-order valence-corrected chi connectivity index (χ3v) is 6.81. The number of likely N-dealkylation sites (tertiary alicyclic amines) is 1. The van der Waals surface area contributed by atoms with Crippen molar-refractivity contribution in [3.63, 3.8) is 0 Å². The molecule has 4 rings (SSSR count). The number of ether oxygens (including phenoxy) is 3. The minimum atomic E-state index is -0.707. The summed E-state index contributed by atoms with van der Waals surface area (Å²) in [6.07, 6.45) is 1.38. The van der Waals surface area contributed by atoms with Crippen LogP contribution in [0.2, 0.25) is 0 Å². The summed E-state index contributed by atoms with van der Waals surface area (Å²) in [4.78, 5) is 41.1. The first kappa shape index (κ1) is 26.6. The fraction of sp³-hybridized carbons (Fsp3) is 0.462. The van der Waals surface area contributed by atoms with Crippen LogP contribution in [-0.2, 0) is 9.47 Å². The molecule has 0 radical (unpaired) electrons. The number of thiophene rings is 1. The lowest BCUT2D eigenvalue weighted by Gasteiger charge is -2.29. The first-order valence-corrected chi connectivity index (χ1v) is 13.1. The molecule has 0 aliphatic carbocycles. The van der Waals surface area contributed by atoms with Crippen molar-refractivity contribution >= 4 is 45.3 Å². The van der Waals surface area contributed by atoms with Crippen molar-refractivity contribution in [1.29, 1.82) is 0 Å². The lowest BCUT2D eigenvalue weighted by Crippen LogP contribution is -2.35. The molecule has 10 nitrogen and oxygen atoms in total. The number of aromatic nitrogens is 2. The first-order chi connectivity index (χ1) is 17.5. The van der Waals surface area contributed by atoms with Crippen LogP contribution >= 0.6 is 11.3 Å². The molecule has 0 unspecified atom stereocenters. The van der Waals surface area contributed by atoms with Gasteiger partial charge in [-0.2, -0.15) is 4.68 Å². The summed E-state index contributed by atoms with van der Waals surface area (Å²) in [6.45, 7) is 9.14. The predicted molar refractivity (Wildman–Crippen MR) is 141 cm³/mol. The van der Waals surface area contributed by atoms with E-state index in [0.29, 0.717) is 21.5 Å². The van der Waals surface area contributed by atoms with Gasteiger partial charge in [-0.3, -0.25) is 4.79 Å². The van der Waals surface area contributed by atoms with Gasteiger partial charge in [-0.05, 0) is 77.9 Å². The van der Waals surface area contributed by atoms with Crippen LogP contribution in [0.5, 0.6) is 5.75 Å². The van der Waals surface area contributed by atoms with Gasteiger partial charge in [-0.15, -0.1) is 16.4 Å². The van der Waals surface area contributed by atoms with Gasteiger partial charge < -0.3 is 24.4 Å². The zero-order chi connectivity index (χ0) is 26.7. The van der Waals surface area contributed by atoms with Crippen LogP contribution in [0, 0.1) is 0 Å². The number of rotatable bonds is 6. The average Bonchev–Trinajstić information content (AvgIpc) is 3.41. The molecule has 0 atom stereocenters. The van der Waals surface area contributed by atoms with E-state index >= 15 is 0 Å². The molecule has 1 fully saturated rings. The third kappa shape index (κ3) is 6.47. The maximum Gasteiger partial charge on any atom is 0.436 e. The Morgan fingerprint density at radius 3 is 2.43 bits per heavy atom. The number of hydrogen-bond acceptors (Lipinski definition) is 9. The van der Waals surface area contributed by atoms with Gasteiger partial charge in [0.15, 0.2) is 5.82 Å². The standard InChI is InChI=1S/C26H32N4O6S/c1-6-34-25(33)30-23-19(15-20(37-23)24(32)36-26(2,3)4)21(28-30)27-22(31)16-7-9-17(10-8-16)35-18-11-13-29(5)14-12-18/h7-10,15,18H,6,11-14H2,1-5H3,(H,27,28,31). The van der Waals surface area contributed by atoms with Crippen molar-refractivity contribution in [2.75, 3.05) is 32.1 Å². The number of esters is 1. The highest BCUT2D eigenvalue weighted by Crippen LogP contribution is 2.33. The Balaban J connectivity index is 1.53. The Hall–Kier alpha value is -3.44. The molecule has 0 bridgehead atoms. The Morgan fingerprint density at radius 1 is 1.14 bits per heavy atom. The number of carbonyl (C=O) groups excluding carboxylic acids is 3. The zero-order valence-electron chi connectivity index (χ0n) is 21.7. The van der Waals surface area contributed by atoms with Gasteiger partial charge in [0.1, 0.15) is 27.2 Å². The van der Waals surface area contributed by atoms with Gasteiger partial charge in [-0.1, -0.05) is 0 Å². The minimum Gasteiger partial charge on any atom is -0.490 e. The third-order valence-electron chi connectivity index (χ3n) is 5.72. The molecule has 1 saturated heterocycles. The SMILES string of the molecule is CCOC(=O)n1nc(NC(=O)c2ccc(OC3CCN(C)CC3)cc2)c2cc(C(=O)OC(C)(C)C)sc21. The first-order valence-electron chi connectivity index (χ1n) is 12.2. The van der Waals surface area contributed by atoms with Crippen LogP contribution in [0.4, 0.5) is 10.6 Å². The lowest BCUT2D eigenvalue weighted by molar-refractivity contribution is 0.00751. The Kier molecular flexibility index (Phi) is 7.84. The summed E-state index contributed by atoms with van der Waals surface area (Å²) in [7, 11) is 2.10.